The first-order chi connectivity index (χ1) is 7.74. The van der Waals surface area contributed by atoms with Gasteiger partial charge in [-0.3, -0.25) is 9.69 Å². The van der Waals surface area contributed by atoms with Crippen LogP contribution in [0.1, 0.15) is 17.2 Å². The highest BCUT2D eigenvalue weighted by atomic mass is 16.4. The third-order valence-corrected chi connectivity index (χ3v) is 2.89. The summed E-state index contributed by atoms with van der Waals surface area (Å²) >= 11 is 0. The standard InChI is InChI=1S/C12H12N2O2/c13-6-8-14-7-5-9-3-1-2-4-10(9)11(14)12(15)16/h1-4,11H,5,7-8H2,(H,15,16). The van der Waals surface area contributed by atoms with E-state index in [1.165, 1.54) is 0 Å². The number of aliphatic carboxylic acids is 1. The molecule has 1 aliphatic rings. The number of hydrogen-bond donors (Lipinski definition) is 1. The van der Waals surface area contributed by atoms with E-state index in [2.05, 4.69) is 0 Å². The summed E-state index contributed by atoms with van der Waals surface area (Å²) in [5.41, 5.74) is 1.89. The molecule has 1 unspecified atom stereocenters. The number of hydrogen-bond acceptors (Lipinski definition) is 3. The van der Waals surface area contributed by atoms with E-state index in [9.17, 15) is 9.90 Å². The highest BCUT2D eigenvalue weighted by Crippen LogP contribution is 2.29. The first-order valence-electron chi connectivity index (χ1n) is 5.15. The lowest BCUT2D eigenvalue weighted by Gasteiger charge is -2.32. The Morgan fingerprint density at radius 3 is 3.00 bits per heavy atom. The van der Waals surface area contributed by atoms with Gasteiger partial charge in [-0.15, -0.1) is 0 Å². The predicted molar refractivity (Wildman–Crippen MR) is 57.7 cm³/mol. The maximum atomic E-state index is 11.3. The Morgan fingerprint density at radius 1 is 1.56 bits per heavy atom. The van der Waals surface area contributed by atoms with Crippen LogP contribution in [-0.2, 0) is 11.2 Å². The fraction of sp³-hybridized carbons (Fsp3) is 0.333. The lowest BCUT2D eigenvalue weighted by molar-refractivity contribution is -0.143. The van der Waals surface area contributed by atoms with Crippen LogP contribution >= 0.6 is 0 Å². The van der Waals surface area contributed by atoms with Crippen molar-refractivity contribution < 1.29 is 9.90 Å². The van der Waals surface area contributed by atoms with Crippen LogP contribution in [0.3, 0.4) is 0 Å². The number of carboxylic acids is 1. The van der Waals surface area contributed by atoms with Gasteiger partial charge in [0, 0.05) is 6.54 Å². The Balaban J connectivity index is 2.40. The van der Waals surface area contributed by atoms with E-state index < -0.39 is 12.0 Å². The molecule has 0 aromatic heterocycles. The average molecular weight is 216 g/mol. The van der Waals surface area contributed by atoms with Crippen molar-refractivity contribution >= 4 is 5.97 Å². The number of nitriles is 1. The van der Waals surface area contributed by atoms with Gasteiger partial charge in [0.05, 0.1) is 12.6 Å². The minimum Gasteiger partial charge on any atom is -0.480 e. The fourth-order valence-corrected chi connectivity index (χ4v) is 2.17. The second-order valence-corrected chi connectivity index (χ2v) is 3.82. The van der Waals surface area contributed by atoms with Gasteiger partial charge in [0.2, 0.25) is 0 Å². The highest BCUT2D eigenvalue weighted by molar-refractivity contribution is 5.76. The second kappa shape index (κ2) is 4.33. The Morgan fingerprint density at radius 2 is 2.31 bits per heavy atom. The monoisotopic (exact) mass is 216 g/mol. The van der Waals surface area contributed by atoms with Gasteiger partial charge in [-0.25, -0.2) is 0 Å². The first-order valence-corrected chi connectivity index (χ1v) is 5.15. The van der Waals surface area contributed by atoms with Crippen LogP contribution in [0.5, 0.6) is 0 Å². The van der Waals surface area contributed by atoms with Crippen LogP contribution in [-0.4, -0.2) is 29.1 Å². The normalized spacial score (nSPS) is 19.8. The summed E-state index contributed by atoms with van der Waals surface area (Å²) in [6.45, 7) is 0.785. The number of fused-ring (bicyclic) bond motifs is 1. The van der Waals surface area contributed by atoms with Gasteiger partial charge in [0.25, 0.3) is 0 Å². The first kappa shape index (κ1) is 10.7. The summed E-state index contributed by atoms with van der Waals surface area (Å²) in [6.07, 6.45) is 0.807. The molecule has 0 aliphatic carbocycles. The van der Waals surface area contributed by atoms with Gasteiger partial charge in [0.1, 0.15) is 6.04 Å². The number of benzene rings is 1. The largest absolute Gasteiger partial charge is 0.480 e. The topological polar surface area (TPSA) is 64.3 Å². The maximum Gasteiger partial charge on any atom is 0.325 e. The molecule has 4 nitrogen and oxygen atoms in total. The number of carboxylic acid groups (broad SMARTS) is 1. The van der Waals surface area contributed by atoms with Crippen molar-refractivity contribution in [3.05, 3.63) is 35.4 Å². The van der Waals surface area contributed by atoms with E-state index in [4.69, 9.17) is 5.26 Å². The van der Waals surface area contributed by atoms with Crippen LogP contribution < -0.4 is 0 Å². The van der Waals surface area contributed by atoms with Gasteiger partial charge in [-0.2, -0.15) is 5.26 Å². The molecule has 0 saturated carbocycles. The molecule has 2 rings (SSSR count). The molecule has 1 aromatic rings. The van der Waals surface area contributed by atoms with E-state index in [0.717, 1.165) is 17.5 Å². The molecule has 82 valence electrons. The molecular formula is C12H12N2O2. The van der Waals surface area contributed by atoms with E-state index in [1.807, 2.05) is 30.3 Å². The maximum absolute atomic E-state index is 11.3. The predicted octanol–water partition coefficient (Wildman–Crippen LogP) is 1.19. The molecule has 0 spiro atoms. The quantitative estimate of drug-likeness (QED) is 0.754. The van der Waals surface area contributed by atoms with E-state index >= 15 is 0 Å². The van der Waals surface area contributed by atoms with Crippen molar-refractivity contribution in [1.29, 1.82) is 5.26 Å². The van der Waals surface area contributed by atoms with Crippen molar-refractivity contribution in [2.75, 3.05) is 13.1 Å². The minimum atomic E-state index is -0.887. The molecule has 1 aromatic carbocycles. The third-order valence-electron chi connectivity index (χ3n) is 2.89. The number of rotatable bonds is 2. The summed E-state index contributed by atoms with van der Waals surface area (Å²) in [4.78, 5) is 13.0. The average Bonchev–Trinajstić information content (AvgIpc) is 2.28. The van der Waals surface area contributed by atoms with Gasteiger partial charge >= 0.3 is 5.97 Å². The van der Waals surface area contributed by atoms with E-state index in [0.29, 0.717) is 6.54 Å². The van der Waals surface area contributed by atoms with Crippen LogP contribution in [0.15, 0.2) is 24.3 Å². The van der Waals surface area contributed by atoms with Gasteiger partial charge < -0.3 is 5.11 Å². The summed E-state index contributed by atoms with van der Waals surface area (Å²) in [5, 5.41) is 17.9. The molecule has 1 N–H and O–H groups in total. The van der Waals surface area contributed by atoms with Crippen LogP contribution in [0.25, 0.3) is 0 Å². The molecule has 0 bridgehead atoms. The lowest BCUT2D eigenvalue weighted by atomic mass is 9.93. The minimum absolute atomic E-state index is 0.158. The zero-order chi connectivity index (χ0) is 11.5. The number of nitrogens with zero attached hydrogens (tertiary/aromatic N) is 2. The Hall–Kier alpha value is -1.86. The van der Waals surface area contributed by atoms with Crippen LogP contribution in [0.4, 0.5) is 0 Å². The smallest absolute Gasteiger partial charge is 0.325 e. The van der Waals surface area contributed by atoms with E-state index in [1.54, 1.807) is 4.90 Å². The molecule has 0 amide bonds. The Labute approximate surface area is 93.7 Å². The van der Waals surface area contributed by atoms with Crippen molar-refractivity contribution in [1.82, 2.24) is 4.90 Å². The zero-order valence-electron chi connectivity index (χ0n) is 8.76. The molecular weight excluding hydrogens is 204 g/mol. The van der Waals surface area contributed by atoms with Gasteiger partial charge in [-0.05, 0) is 17.5 Å². The van der Waals surface area contributed by atoms with Gasteiger partial charge in [0.15, 0.2) is 0 Å². The van der Waals surface area contributed by atoms with Crippen LogP contribution in [0.2, 0.25) is 0 Å². The molecule has 0 fully saturated rings. The summed E-state index contributed by atoms with van der Waals surface area (Å²) < 4.78 is 0. The molecule has 0 radical (unpaired) electrons. The second-order valence-electron chi connectivity index (χ2n) is 3.82. The van der Waals surface area contributed by atoms with Crippen molar-refractivity contribution in [2.45, 2.75) is 12.5 Å². The molecule has 16 heavy (non-hydrogen) atoms. The SMILES string of the molecule is N#CCN1CCc2ccccc2C1C(=O)O. The number of carbonyl (C=O) groups is 1. The van der Waals surface area contributed by atoms with Crippen LogP contribution in [0, 0.1) is 11.3 Å². The summed E-state index contributed by atoms with van der Waals surface area (Å²) in [6, 6.07) is 8.88. The van der Waals surface area contributed by atoms with Gasteiger partial charge in [-0.1, -0.05) is 24.3 Å². The van der Waals surface area contributed by atoms with Crippen molar-refractivity contribution in [3.8, 4) is 6.07 Å². The summed E-state index contributed by atoms with van der Waals surface area (Å²) in [5.74, 6) is -0.887. The molecule has 1 atom stereocenters. The highest BCUT2D eigenvalue weighted by Gasteiger charge is 2.32. The molecule has 1 aliphatic heterocycles. The third kappa shape index (κ3) is 1.77. The summed E-state index contributed by atoms with van der Waals surface area (Å²) in [7, 11) is 0. The van der Waals surface area contributed by atoms with Crippen molar-refractivity contribution in [2.24, 2.45) is 0 Å². The Kier molecular flexibility index (Phi) is 2.88. The fourth-order valence-electron chi connectivity index (χ4n) is 2.17. The molecule has 4 heteroatoms. The lowest BCUT2D eigenvalue weighted by Crippen LogP contribution is -2.39. The van der Waals surface area contributed by atoms with Crippen molar-refractivity contribution in [3.63, 3.8) is 0 Å². The molecule has 1 heterocycles. The molecule has 0 saturated heterocycles. The Bertz CT molecular complexity index is 451. The zero-order valence-corrected chi connectivity index (χ0v) is 8.76. The van der Waals surface area contributed by atoms with E-state index in [-0.39, 0.29) is 6.54 Å².